The lowest BCUT2D eigenvalue weighted by Gasteiger charge is -2.25. The summed E-state index contributed by atoms with van der Waals surface area (Å²) in [5, 5.41) is 8.44. The van der Waals surface area contributed by atoms with E-state index in [0.29, 0.717) is 38.4 Å². The molecule has 3 aromatic rings. The van der Waals surface area contributed by atoms with Crippen LogP contribution in [0.2, 0.25) is 10.0 Å². The number of nitrogens with one attached hydrogen (secondary N) is 2. The predicted molar refractivity (Wildman–Crippen MR) is 125 cm³/mol. The van der Waals surface area contributed by atoms with Gasteiger partial charge in [0.1, 0.15) is 12.1 Å². The van der Waals surface area contributed by atoms with E-state index in [1.54, 1.807) is 47.8 Å². The Hall–Kier alpha value is -2.94. The van der Waals surface area contributed by atoms with Gasteiger partial charge in [-0.05, 0) is 30.2 Å². The summed E-state index contributed by atoms with van der Waals surface area (Å²) in [7, 11) is 0. The van der Waals surface area contributed by atoms with E-state index in [9.17, 15) is 14.4 Å². The zero-order valence-corrected chi connectivity index (χ0v) is 19.2. The summed E-state index contributed by atoms with van der Waals surface area (Å²) in [6.45, 7) is 1.39. The maximum absolute atomic E-state index is 13.1. The molecule has 0 saturated carbocycles. The van der Waals surface area contributed by atoms with Gasteiger partial charge in [-0.25, -0.2) is 9.78 Å². The van der Waals surface area contributed by atoms with Crippen LogP contribution in [0.1, 0.15) is 18.9 Å². The van der Waals surface area contributed by atoms with E-state index >= 15 is 0 Å². The first-order valence-electron chi connectivity index (χ1n) is 9.74. The minimum absolute atomic E-state index is 0.318. The zero-order chi connectivity index (χ0) is 22.9. The van der Waals surface area contributed by atoms with E-state index in [-0.39, 0.29) is 0 Å². The molecule has 4 amide bonds. The van der Waals surface area contributed by atoms with Gasteiger partial charge in [0.2, 0.25) is 5.91 Å². The Morgan fingerprint density at radius 2 is 1.94 bits per heavy atom. The van der Waals surface area contributed by atoms with Crippen molar-refractivity contribution in [1.29, 1.82) is 0 Å². The van der Waals surface area contributed by atoms with Gasteiger partial charge >= 0.3 is 6.03 Å². The van der Waals surface area contributed by atoms with Crippen LogP contribution in [0, 0.1) is 0 Å². The van der Waals surface area contributed by atoms with Crippen molar-refractivity contribution in [3.63, 3.8) is 0 Å². The largest absolute Gasteiger partial charge is 0.325 e. The van der Waals surface area contributed by atoms with E-state index in [1.165, 1.54) is 11.3 Å². The number of benzene rings is 2. The smallest absolute Gasteiger partial charge is 0.319 e. The SMILES string of the molecule is CCC1(c2ccccc2)NC(=O)N(CC(=O)Nc2nc(-c3cc(Cl)ccc3Cl)cs2)C1=O. The van der Waals surface area contributed by atoms with Crippen LogP contribution in [0.3, 0.4) is 0 Å². The standard InChI is InChI=1S/C22H18Cl2N4O3S/c1-2-22(13-6-4-3-5-7-13)19(30)28(21(31)27-22)11-18(29)26-20-25-17(12-32-20)15-10-14(23)8-9-16(15)24/h3-10,12H,2,11H2,1H3,(H,27,31)(H,25,26,29). The fourth-order valence-corrected chi connectivity index (χ4v) is 4.70. The first kappa shape index (κ1) is 22.3. The molecular formula is C22H18Cl2N4O3S. The quantitative estimate of drug-likeness (QED) is 0.482. The summed E-state index contributed by atoms with van der Waals surface area (Å²) in [6, 6.07) is 13.4. The van der Waals surface area contributed by atoms with E-state index in [0.717, 1.165) is 4.90 Å². The number of aromatic nitrogens is 1. The number of thiazole rings is 1. The molecule has 1 fully saturated rings. The molecule has 2 N–H and O–H groups in total. The molecule has 32 heavy (non-hydrogen) atoms. The number of nitrogens with zero attached hydrogens (tertiary/aromatic N) is 2. The highest BCUT2D eigenvalue weighted by molar-refractivity contribution is 7.14. The molecule has 2 heterocycles. The Kier molecular flexibility index (Phi) is 6.19. The molecule has 0 aliphatic carbocycles. The minimum Gasteiger partial charge on any atom is -0.319 e. The molecule has 164 valence electrons. The summed E-state index contributed by atoms with van der Waals surface area (Å²) in [5.74, 6) is -0.997. The Morgan fingerprint density at radius 3 is 2.66 bits per heavy atom. The van der Waals surface area contributed by atoms with E-state index in [4.69, 9.17) is 23.2 Å². The maximum Gasteiger partial charge on any atom is 0.325 e. The van der Waals surface area contributed by atoms with Crippen LogP contribution in [0.5, 0.6) is 0 Å². The molecule has 1 aliphatic heterocycles. The van der Waals surface area contributed by atoms with Crippen molar-refractivity contribution in [2.45, 2.75) is 18.9 Å². The first-order chi connectivity index (χ1) is 15.3. The van der Waals surface area contributed by atoms with Crippen LogP contribution in [0.4, 0.5) is 9.93 Å². The number of imide groups is 1. The second-order valence-corrected chi connectivity index (χ2v) is 8.86. The van der Waals surface area contributed by atoms with Crippen LogP contribution >= 0.6 is 34.5 Å². The monoisotopic (exact) mass is 488 g/mol. The first-order valence-corrected chi connectivity index (χ1v) is 11.4. The van der Waals surface area contributed by atoms with Crippen LogP contribution in [0.15, 0.2) is 53.9 Å². The number of carbonyl (C=O) groups excluding carboxylic acids is 3. The zero-order valence-electron chi connectivity index (χ0n) is 16.9. The average Bonchev–Trinajstić information content (AvgIpc) is 3.34. The van der Waals surface area contributed by atoms with Crippen molar-refractivity contribution in [3.05, 3.63) is 69.5 Å². The summed E-state index contributed by atoms with van der Waals surface area (Å²) in [5.41, 5.74) is 0.685. The number of amides is 4. The Morgan fingerprint density at radius 1 is 1.19 bits per heavy atom. The van der Waals surface area contributed by atoms with E-state index < -0.39 is 29.9 Å². The van der Waals surface area contributed by atoms with Crippen LogP contribution in [0.25, 0.3) is 11.3 Å². The van der Waals surface area contributed by atoms with Gasteiger partial charge in [-0.3, -0.25) is 14.5 Å². The number of halogens is 2. The number of carbonyl (C=O) groups is 3. The van der Waals surface area contributed by atoms with Gasteiger partial charge in [0, 0.05) is 16.0 Å². The van der Waals surface area contributed by atoms with Crippen molar-refractivity contribution in [2.24, 2.45) is 0 Å². The Bertz CT molecular complexity index is 1200. The highest BCUT2D eigenvalue weighted by atomic mass is 35.5. The average molecular weight is 489 g/mol. The molecule has 10 heteroatoms. The van der Waals surface area contributed by atoms with Gasteiger partial charge in [-0.2, -0.15) is 0 Å². The third-order valence-electron chi connectivity index (χ3n) is 5.23. The number of anilines is 1. The van der Waals surface area contributed by atoms with Crippen LogP contribution < -0.4 is 10.6 Å². The van der Waals surface area contributed by atoms with Crippen molar-refractivity contribution >= 4 is 57.5 Å². The number of rotatable bonds is 6. The molecular weight excluding hydrogens is 471 g/mol. The van der Waals surface area contributed by atoms with Crippen molar-refractivity contribution in [1.82, 2.24) is 15.2 Å². The molecule has 0 bridgehead atoms. The number of hydrogen-bond donors (Lipinski definition) is 2. The molecule has 0 radical (unpaired) electrons. The lowest BCUT2D eigenvalue weighted by molar-refractivity contribution is -0.134. The van der Waals surface area contributed by atoms with Crippen molar-refractivity contribution in [3.8, 4) is 11.3 Å². The molecule has 1 unspecified atom stereocenters. The van der Waals surface area contributed by atoms with Crippen molar-refractivity contribution < 1.29 is 14.4 Å². The molecule has 1 saturated heterocycles. The molecule has 1 aromatic heterocycles. The second-order valence-electron chi connectivity index (χ2n) is 7.16. The predicted octanol–water partition coefficient (Wildman–Crippen LogP) is 4.91. The van der Waals surface area contributed by atoms with Crippen LogP contribution in [-0.4, -0.2) is 34.3 Å². The summed E-state index contributed by atoms with van der Waals surface area (Å²) < 4.78 is 0. The Labute approximate surface area is 198 Å². The lowest BCUT2D eigenvalue weighted by Crippen LogP contribution is -2.44. The normalized spacial score (nSPS) is 18.0. The van der Waals surface area contributed by atoms with Gasteiger partial charge in [0.15, 0.2) is 5.13 Å². The van der Waals surface area contributed by atoms with Gasteiger partial charge in [-0.1, -0.05) is 60.5 Å². The summed E-state index contributed by atoms with van der Waals surface area (Å²) in [6.07, 6.45) is 0.357. The molecule has 7 nitrogen and oxygen atoms in total. The molecule has 1 atom stereocenters. The fraction of sp³-hybridized carbons (Fsp3) is 0.182. The van der Waals surface area contributed by atoms with Gasteiger partial charge < -0.3 is 10.6 Å². The van der Waals surface area contributed by atoms with E-state index in [2.05, 4.69) is 15.6 Å². The fourth-order valence-electron chi connectivity index (χ4n) is 3.58. The second kappa shape index (κ2) is 8.90. The highest BCUT2D eigenvalue weighted by Crippen LogP contribution is 2.34. The Balaban J connectivity index is 1.48. The molecule has 2 aromatic carbocycles. The third-order valence-corrected chi connectivity index (χ3v) is 6.55. The molecule has 4 rings (SSSR count). The molecule has 0 spiro atoms. The third kappa shape index (κ3) is 4.09. The lowest BCUT2D eigenvalue weighted by atomic mass is 9.87. The van der Waals surface area contributed by atoms with Gasteiger partial charge in [-0.15, -0.1) is 11.3 Å². The van der Waals surface area contributed by atoms with Crippen LogP contribution in [-0.2, 0) is 15.1 Å². The maximum atomic E-state index is 13.1. The minimum atomic E-state index is -1.18. The van der Waals surface area contributed by atoms with Crippen molar-refractivity contribution in [2.75, 3.05) is 11.9 Å². The van der Waals surface area contributed by atoms with E-state index in [1.807, 2.05) is 13.0 Å². The number of hydrogen-bond acceptors (Lipinski definition) is 5. The highest BCUT2D eigenvalue weighted by Gasteiger charge is 2.51. The topological polar surface area (TPSA) is 91.4 Å². The summed E-state index contributed by atoms with van der Waals surface area (Å²) in [4.78, 5) is 43.6. The van der Waals surface area contributed by atoms with Gasteiger partial charge in [0.05, 0.1) is 10.7 Å². The number of urea groups is 1. The summed E-state index contributed by atoms with van der Waals surface area (Å²) >= 11 is 13.4. The van der Waals surface area contributed by atoms with Gasteiger partial charge in [0.25, 0.3) is 5.91 Å². The molecule has 1 aliphatic rings.